The minimum atomic E-state index is -0.982. The predicted molar refractivity (Wildman–Crippen MR) is 287 cm³/mol. The third-order valence-electron chi connectivity index (χ3n) is 11.7. The highest BCUT2D eigenvalue weighted by atomic mass is 19.1. The van der Waals surface area contributed by atoms with Crippen LogP contribution in [0.15, 0.2) is 110 Å². The number of hydrogen-bond donors (Lipinski definition) is 3. The maximum absolute atomic E-state index is 13.9. The van der Waals surface area contributed by atoms with Gasteiger partial charge in [-0.3, -0.25) is 20.2 Å². The van der Waals surface area contributed by atoms with Gasteiger partial charge < -0.3 is 49.3 Å². The molecule has 3 N–H and O–H groups in total. The van der Waals surface area contributed by atoms with Crippen LogP contribution >= 0.6 is 0 Å². The van der Waals surface area contributed by atoms with Crippen LogP contribution in [0.1, 0.15) is 13.8 Å². The minimum absolute atomic E-state index is 0.0262. The van der Waals surface area contributed by atoms with Crippen LogP contribution in [0.25, 0.3) is 44.3 Å². The number of benzene rings is 4. The minimum Gasteiger partial charge on any atom is -0.494 e. The standard InChI is InChI=1S/C26H31N7O3.C21H18FN5O3.C5H14N2/c1-6-32-17-19(18-9-7-8-10-22(18)32)20-11-12-27-26(28-20)29-21-15-24(33(34)35)23(16-25(21)36-5)31(4)14-13-30(2)3;1-3-26-12-14(13-6-4-5-7-18(13)26)16-8-9-23-21(24-16)25-17-11-19(27(28)29)15(22)10-20(17)30-2;1-6-4-5-7(2)3/h7-12,15-17H,6,13-14H2,1-5H3,(H,27,28,29);4-12H,3H2,1-2H3,(H,23,24,25);6H,4-5H2,1-3H3. The molecule has 0 unspecified atom stereocenters. The first-order chi connectivity index (χ1) is 35.1. The second kappa shape index (κ2) is 25.2. The van der Waals surface area contributed by atoms with E-state index in [1.165, 1.54) is 20.3 Å². The monoisotopic (exact) mass is 999 g/mol. The molecule has 0 aliphatic carbocycles. The number of fused-ring (bicyclic) bond motifs is 2. The summed E-state index contributed by atoms with van der Waals surface area (Å²) in [5.41, 5.74) is 6.00. The number of methoxy groups -OCH3 is 2. The van der Waals surface area contributed by atoms with Crippen LogP contribution in [0.5, 0.6) is 11.5 Å². The zero-order valence-corrected chi connectivity index (χ0v) is 42.9. The zero-order chi connectivity index (χ0) is 52.8. The fourth-order valence-electron chi connectivity index (χ4n) is 7.84. The molecule has 73 heavy (non-hydrogen) atoms. The SMILES string of the molecule is CCn1cc(-c2ccnc(Nc3cc([N+](=O)[O-])c(F)cc3OC)n2)c2ccccc21.CCn1cc(-c2ccnc(Nc3cc([N+](=O)[O-])c(N(C)CCN(C)C)cc3OC)n2)c2ccccc21.CNCCN(C)C. The molecule has 4 aromatic heterocycles. The Morgan fingerprint density at radius 3 is 1.53 bits per heavy atom. The lowest BCUT2D eigenvalue weighted by Gasteiger charge is -2.22. The second-order valence-electron chi connectivity index (χ2n) is 17.2. The molecular weight excluding hydrogens is 936 g/mol. The number of ether oxygens (including phenoxy) is 2. The van der Waals surface area contributed by atoms with Crippen molar-refractivity contribution in [2.45, 2.75) is 26.9 Å². The smallest absolute Gasteiger partial charge is 0.307 e. The lowest BCUT2D eigenvalue weighted by molar-refractivity contribution is -0.387. The molecule has 0 atom stereocenters. The molecule has 8 aromatic rings. The topological polar surface area (TPSA) is 212 Å². The molecule has 20 nitrogen and oxygen atoms in total. The van der Waals surface area contributed by atoms with Crippen molar-refractivity contribution in [2.24, 2.45) is 0 Å². The Morgan fingerprint density at radius 2 is 1.11 bits per heavy atom. The van der Waals surface area contributed by atoms with E-state index < -0.39 is 16.4 Å². The molecule has 0 radical (unpaired) electrons. The lowest BCUT2D eigenvalue weighted by Crippen LogP contribution is -2.28. The predicted octanol–water partition coefficient (Wildman–Crippen LogP) is 9.46. The van der Waals surface area contributed by atoms with Crippen molar-refractivity contribution in [1.82, 2.24) is 44.2 Å². The first-order valence-corrected chi connectivity index (χ1v) is 23.5. The van der Waals surface area contributed by atoms with Crippen molar-refractivity contribution >= 4 is 62.1 Å². The fourth-order valence-corrected chi connectivity index (χ4v) is 7.84. The molecule has 384 valence electrons. The van der Waals surface area contributed by atoms with Gasteiger partial charge in [0.05, 0.1) is 46.8 Å². The van der Waals surface area contributed by atoms with E-state index in [1.807, 2.05) is 86.7 Å². The number of para-hydroxylation sites is 2. The van der Waals surface area contributed by atoms with Crippen molar-refractivity contribution in [3.05, 3.63) is 136 Å². The molecule has 4 heterocycles. The average molecular weight is 999 g/mol. The van der Waals surface area contributed by atoms with Crippen molar-refractivity contribution in [2.75, 3.05) is 98.2 Å². The van der Waals surface area contributed by atoms with E-state index in [9.17, 15) is 24.6 Å². The number of hydrogen-bond acceptors (Lipinski definition) is 16. The molecule has 0 aliphatic rings. The van der Waals surface area contributed by atoms with E-state index in [0.29, 0.717) is 35.3 Å². The number of aromatic nitrogens is 6. The number of likely N-dealkylation sites (N-methyl/N-ethyl adjacent to an activating group) is 4. The highest BCUT2D eigenvalue weighted by Crippen LogP contribution is 2.40. The van der Waals surface area contributed by atoms with Crippen molar-refractivity contribution < 1.29 is 23.7 Å². The second-order valence-corrected chi connectivity index (χ2v) is 17.2. The Balaban J connectivity index is 0.000000213. The summed E-state index contributed by atoms with van der Waals surface area (Å²) >= 11 is 0. The number of halogens is 1. The first kappa shape index (κ1) is 54.1. The summed E-state index contributed by atoms with van der Waals surface area (Å²) in [6.45, 7) is 9.40. The van der Waals surface area contributed by atoms with E-state index in [0.717, 1.165) is 83.5 Å². The van der Waals surface area contributed by atoms with Gasteiger partial charge in [0, 0.05) is 128 Å². The van der Waals surface area contributed by atoms with Crippen LogP contribution in [-0.2, 0) is 13.1 Å². The van der Waals surface area contributed by atoms with Crippen molar-refractivity contribution in [3.8, 4) is 34.0 Å². The fraction of sp³-hybridized carbons (Fsp3) is 0.308. The van der Waals surface area contributed by atoms with Crippen LogP contribution < -0.4 is 30.3 Å². The molecule has 0 bridgehead atoms. The highest BCUT2D eigenvalue weighted by molar-refractivity contribution is 5.96. The highest BCUT2D eigenvalue weighted by Gasteiger charge is 2.24. The van der Waals surface area contributed by atoms with Gasteiger partial charge in [-0.05, 0) is 73.4 Å². The molecular formula is C52H63FN14O6. The number of aryl methyl sites for hydroxylation is 2. The van der Waals surface area contributed by atoms with Gasteiger partial charge in [-0.15, -0.1) is 0 Å². The quantitative estimate of drug-likeness (QED) is 0.0508. The summed E-state index contributed by atoms with van der Waals surface area (Å²) in [7, 11) is 14.7. The van der Waals surface area contributed by atoms with Crippen LogP contribution in [0.2, 0.25) is 0 Å². The molecule has 0 saturated carbocycles. The van der Waals surface area contributed by atoms with Gasteiger partial charge in [0.2, 0.25) is 17.7 Å². The normalized spacial score (nSPS) is 11.0. The summed E-state index contributed by atoms with van der Waals surface area (Å²) in [4.78, 5) is 45.7. The van der Waals surface area contributed by atoms with E-state index >= 15 is 0 Å². The molecule has 0 aliphatic heterocycles. The number of nitrogens with zero attached hydrogens (tertiary/aromatic N) is 11. The summed E-state index contributed by atoms with van der Waals surface area (Å²) in [5, 5.41) is 34.3. The Hall–Kier alpha value is -8.27. The average Bonchev–Trinajstić information content (AvgIpc) is 3.97. The summed E-state index contributed by atoms with van der Waals surface area (Å²) < 4.78 is 28.9. The summed E-state index contributed by atoms with van der Waals surface area (Å²) in [6, 6.07) is 25.0. The Kier molecular flexibility index (Phi) is 18.7. The molecule has 4 aromatic carbocycles. The Bertz CT molecular complexity index is 3160. The number of nitro benzene ring substituents is 2. The van der Waals surface area contributed by atoms with Crippen molar-refractivity contribution in [1.29, 1.82) is 0 Å². The zero-order valence-electron chi connectivity index (χ0n) is 42.9. The first-order valence-electron chi connectivity index (χ1n) is 23.5. The van der Waals surface area contributed by atoms with Gasteiger partial charge in [-0.2, -0.15) is 4.39 Å². The Labute approximate surface area is 423 Å². The largest absolute Gasteiger partial charge is 0.494 e. The van der Waals surface area contributed by atoms with E-state index in [1.54, 1.807) is 24.5 Å². The maximum atomic E-state index is 13.9. The van der Waals surface area contributed by atoms with E-state index in [-0.39, 0.29) is 28.0 Å². The van der Waals surface area contributed by atoms with Gasteiger partial charge in [-0.1, -0.05) is 36.4 Å². The molecule has 0 spiro atoms. The van der Waals surface area contributed by atoms with Gasteiger partial charge in [-0.25, -0.2) is 19.9 Å². The number of anilines is 5. The van der Waals surface area contributed by atoms with E-state index in [4.69, 9.17) is 14.5 Å². The lowest BCUT2D eigenvalue weighted by atomic mass is 10.1. The van der Waals surface area contributed by atoms with Crippen LogP contribution in [-0.4, -0.2) is 131 Å². The van der Waals surface area contributed by atoms with Gasteiger partial charge in [0.25, 0.3) is 5.69 Å². The molecule has 0 fully saturated rings. The molecule has 8 rings (SSSR count). The summed E-state index contributed by atoms with van der Waals surface area (Å²) in [6.07, 6.45) is 7.38. The molecule has 21 heteroatoms. The third kappa shape index (κ3) is 13.4. The molecule has 0 saturated heterocycles. The number of rotatable bonds is 19. The number of nitro groups is 2. The van der Waals surface area contributed by atoms with Gasteiger partial charge >= 0.3 is 5.69 Å². The number of nitrogens with one attached hydrogen (secondary N) is 3. The van der Waals surface area contributed by atoms with Crippen LogP contribution in [0, 0.1) is 26.0 Å². The molecule has 0 amide bonds. The van der Waals surface area contributed by atoms with E-state index in [2.05, 4.69) is 91.2 Å². The van der Waals surface area contributed by atoms with Crippen LogP contribution in [0.3, 0.4) is 0 Å². The third-order valence-corrected chi connectivity index (χ3v) is 11.7. The Morgan fingerprint density at radius 1 is 0.644 bits per heavy atom. The van der Waals surface area contributed by atoms with Gasteiger partial charge in [0.1, 0.15) is 17.2 Å². The van der Waals surface area contributed by atoms with Crippen molar-refractivity contribution in [3.63, 3.8) is 0 Å². The van der Waals surface area contributed by atoms with Gasteiger partial charge in [0.15, 0.2) is 0 Å². The summed E-state index contributed by atoms with van der Waals surface area (Å²) in [5.74, 6) is 0.116. The van der Waals surface area contributed by atoms with Crippen LogP contribution in [0.4, 0.5) is 44.7 Å². The maximum Gasteiger partial charge on any atom is 0.307 e.